The molecule has 0 saturated carbocycles. The molecule has 0 aliphatic carbocycles. The van der Waals surface area contributed by atoms with E-state index in [4.69, 9.17) is 0 Å². The Balaban J connectivity index is 0.818. The Labute approximate surface area is 342 Å². The predicted octanol–water partition coefficient (Wildman–Crippen LogP) is 5.88. The summed E-state index contributed by atoms with van der Waals surface area (Å²) in [6, 6.07) is 14.0. The van der Waals surface area contributed by atoms with E-state index < -0.39 is 29.7 Å². The quantitative estimate of drug-likeness (QED) is 0.0950. The number of piperazine rings is 1. The van der Waals surface area contributed by atoms with Crippen LogP contribution in [0, 0.1) is 0 Å². The minimum Gasteiger partial charge on any atom is -0.335 e. The van der Waals surface area contributed by atoms with Gasteiger partial charge in [-0.25, -0.2) is 0 Å². The molecular formula is C43H51N7O7S. The molecule has 2 N–H and O–H groups in total. The van der Waals surface area contributed by atoms with E-state index in [9.17, 15) is 33.6 Å². The molecule has 7 amide bonds. The number of piperidine rings is 1. The SMILES string of the molecule is C[C@@H]1CN(C(=O)c2ccc(NC(=O)c3cccnn3)cc2)C[C@H](C)N1C(=O)CCCCCCCCCCCSc1cccc2c1C(=O)N(C1CCC(=O)NC1=O)C2=O. The molecule has 14 nitrogen and oxygen atoms in total. The topological polar surface area (TPSA) is 179 Å². The van der Waals surface area contributed by atoms with E-state index in [1.165, 1.54) is 6.20 Å². The van der Waals surface area contributed by atoms with E-state index in [0.717, 1.165) is 73.3 Å². The number of imide groups is 2. The van der Waals surface area contributed by atoms with Crippen LogP contribution in [0.15, 0.2) is 65.7 Å². The molecule has 0 bridgehead atoms. The molecule has 15 heteroatoms. The molecule has 0 radical (unpaired) electrons. The number of rotatable bonds is 17. The smallest absolute Gasteiger partial charge is 0.276 e. The van der Waals surface area contributed by atoms with E-state index in [-0.39, 0.29) is 48.3 Å². The minimum atomic E-state index is -0.968. The highest BCUT2D eigenvalue weighted by molar-refractivity contribution is 7.99. The van der Waals surface area contributed by atoms with Crippen LogP contribution in [0.2, 0.25) is 0 Å². The molecular weight excluding hydrogens is 759 g/mol. The van der Waals surface area contributed by atoms with Gasteiger partial charge >= 0.3 is 0 Å². The Morgan fingerprint density at radius 2 is 1.48 bits per heavy atom. The summed E-state index contributed by atoms with van der Waals surface area (Å²) < 4.78 is 0. The van der Waals surface area contributed by atoms with Crippen LogP contribution in [0.1, 0.15) is 132 Å². The van der Waals surface area contributed by atoms with Crippen molar-refractivity contribution in [2.45, 2.75) is 114 Å². The normalized spacial score (nSPS) is 19.3. The van der Waals surface area contributed by atoms with Gasteiger partial charge < -0.3 is 15.1 Å². The van der Waals surface area contributed by atoms with Crippen molar-refractivity contribution in [3.63, 3.8) is 0 Å². The van der Waals surface area contributed by atoms with Gasteiger partial charge in [-0.05, 0) is 87.4 Å². The lowest BCUT2D eigenvalue weighted by molar-refractivity contribution is -0.139. The van der Waals surface area contributed by atoms with Crippen molar-refractivity contribution in [2.24, 2.45) is 0 Å². The fraction of sp³-hybridized carbons (Fsp3) is 0.465. The molecule has 3 atom stereocenters. The van der Waals surface area contributed by atoms with Crippen LogP contribution < -0.4 is 10.6 Å². The summed E-state index contributed by atoms with van der Waals surface area (Å²) in [5.74, 6) is -1.49. The fourth-order valence-electron chi connectivity index (χ4n) is 8.01. The second-order valence-corrected chi connectivity index (χ2v) is 16.4. The van der Waals surface area contributed by atoms with Crippen LogP contribution in [-0.4, -0.2) is 103 Å². The van der Waals surface area contributed by atoms with Crippen molar-refractivity contribution in [1.29, 1.82) is 0 Å². The Hall–Kier alpha value is -5.44. The number of aromatic nitrogens is 2. The first-order valence-electron chi connectivity index (χ1n) is 20.3. The third kappa shape index (κ3) is 10.2. The zero-order chi connectivity index (χ0) is 41.2. The minimum absolute atomic E-state index is 0.0920. The first-order valence-corrected chi connectivity index (χ1v) is 21.3. The van der Waals surface area contributed by atoms with Gasteiger partial charge in [-0.2, -0.15) is 5.10 Å². The third-order valence-electron chi connectivity index (χ3n) is 10.9. The standard InChI is InChI=1S/C43H51N7O7S/c1-28-26-48(41(55)30-18-20-31(21-19-30)45-39(53)33-15-13-24-44-47-33)27-29(2)49(28)37(52)17-10-8-6-4-3-5-7-9-11-25-58-35-16-12-14-32-38(35)43(57)50(42(32)56)34-22-23-36(51)46-40(34)54/h12-16,18-21,24,28-29,34H,3-11,17,22-23,25-27H2,1-2H3,(H,45,53)(H,46,51,54)/t28-,29+,34?. The average Bonchev–Trinajstić information content (AvgIpc) is 3.47. The number of hydrogen-bond acceptors (Lipinski definition) is 10. The monoisotopic (exact) mass is 809 g/mol. The van der Waals surface area contributed by atoms with Crippen LogP contribution in [0.4, 0.5) is 5.69 Å². The summed E-state index contributed by atoms with van der Waals surface area (Å²) in [5, 5.41) is 12.5. The largest absolute Gasteiger partial charge is 0.335 e. The van der Waals surface area contributed by atoms with E-state index in [1.807, 2.05) is 24.8 Å². The Bertz CT molecular complexity index is 2000. The molecule has 3 aliphatic rings. The van der Waals surface area contributed by atoms with E-state index in [2.05, 4.69) is 20.8 Å². The van der Waals surface area contributed by atoms with Crippen molar-refractivity contribution < 1.29 is 33.6 Å². The van der Waals surface area contributed by atoms with Gasteiger partial charge in [0.1, 0.15) is 6.04 Å². The van der Waals surface area contributed by atoms with Gasteiger partial charge in [-0.3, -0.25) is 43.8 Å². The zero-order valence-corrected chi connectivity index (χ0v) is 33.9. The maximum Gasteiger partial charge on any atom is 0.276 e. The number of nitrogens with one attached hydrogen (secondary N) is 2. The molecule has 0 spiro atoms. The van der Waals surface area contributed by atoms with Crippen LogP contribution in [0.3, 0.4) is 0 Å². The van der Waals surface area contributed by atoms with Crippen molar-refractivity contribution in [1.82, 2.24) is 30.2 Å². The lowest BCUT2D eigenvalue weighted by Gasteiger charge is -2.44. The van der Waals surface area contributed by atoms with Crippen molar-refractivity contribution in [3.05, 3.63) is 83.2 Å². The first-order chi connectivity index (χ1) is 28.0. The highest BCUT2D eigenvalue weighted by Crippen LogP contribution is 2.35. The Morgan fingerprint density at radius 1 is 0.810 bits per heavy atom. The number of amides is 7. The molecule has 58 heavy (non-hydrogen) atoms. The summed E-state index contributed by atoms with van der Waals surface area (Å²) in [6.07, 6.45) is 11.7. The van der Waals surface area contributed by atoms with Crippen LogP contribution in [-0.2, 0) is 14.4 Å². The number of carbonyl (C=O) groups is 7. The number of anilines is 1. The number of fused-ring (bicyclic) bond motifs is 1. The number of carbonyl (C=O) groups excluding carboxylic acids is 7. The average molecular weight is 810 g/mol. The zero-order valence-electron chi connectivity index (χ0n) is 33.1. The van der Waals surface area contributed by atoms with Crippen molar-refractivity contribution in [2.75, 3.05) is 24.2 Å². The Morgan fingerprint density at radius 3 is 2.14 bits per heavy atom. The van der Waals surface area contributed by atoms with Crippen LogP contribution in [0.25, 0.3) is 0 Å². The van der Waals surface area contributed by atoms with Gasteiger partial charge in [0.05, 0.1) is 11.1 Å². The highest BCUT2D eigenvalue weighted by Gasteiger charge is 2.45. The molecule has 306 valence electrons. The number of unbranched alkanes of at least 4 members (excludes halogenated alkanes) is 8. The van der Waals surface area contributed by atoms with E-state index in [0.29, 0.717) is 41.9 Å². The van der Waals surface area contributed by atoms with E-state index >= 15 is 0 Å². The third-order valence-corrected chi connectivity index (χ3v) is 12.1. The Kier molecular flexibility index (Phi) is 14.4. The van der Waals surface area contributed by atoms with Crippen LogP contribution >= 0.6 is 11.8 Å². The van der Waals surface area contributed by atoms with Gasteiger partial charge in [-0.1, -0.05) is 51.0 Å². The lowest BCUT2D eigenvalue weighted by atomic mass is 10.0. The molecule has 6 rings (SSSR count). The van der Waals surface area contributed by atoms with Gasteiger partial charge in [0, 0.05) is 60.4 Å². The molecule has 1 unspecified atom stereocenters. The second-order valence-electron chi connectivity index (χ2n) is 15.3. The molecule has 1 aromatic heterocycles. The number of nitrogens with zero attached hydrogens (tertiary/aromatic N) is 5. The molecule has 3 aromatic rings. The van der Waals surface area contributed by atoms with Gasteiger partial charge in [0.2, 0.25) is 17.7 Å². The molecule has 2 fully saturated rings. The highest BCUT2D eigenvalue weighted by atomic mass is 32.2. The first kappa shape index (κ1) is 42.2. The predicted molar refractivity (Wildman–Crippen MR) is 218 cm³/mol. The van der Waals surface area contributed by atoms with Gasteiger partial charge in [-0.15, -0.1) is 16.9 Å². The molecule has 2 saturated heterocycles. The summed E-state index contributed by atoms with van der Waals surface area (Å²) in [5.41, 5.74) is 1.93. The van der Waals surface area contributed by atoms with Crippen molar-refractivity contribution >= 4 is 58.8 Å². The fourth-order valence-corrected chi connectivity index (χ4v) is 9.09. The maximum absolute atomic E-state index is 13.4. The number of thioether (sulfide) groups is 1. The summed E-state index contributed by atoms with van der Waals surface area (Å²) in [7, 11) is 0. The summed E-state index contributed by atoms with van der Waals surface area (Å²) in [4.78, 5) is 94.8. The van der Waals surface area contributed by atoms with Crippen LogP contribution in [0.5, 0.6) is 0 Å². The number of benzene rings is 2. The van der Waals surface area contributed by atoms with E-state index in [1.54, 1.807) is 65.2 Å². The second kappa shape index (κ2) is 19.8. The van der Waals surface area contributed by atoms with Gasteiger partial charge in [0.25, 0.3) is 23.6 Å². The molecule has 4 heterocycles. The number of hydrogen-bond donors (Lipinski definition) is 2. The molecule has 3 aliphatic heterocycles. The summed E-state index contributed by atoms with van der Waals surface area (Å²) in [6.45, 7) is 4.90. The lowest BCUT2D eigenvalue weighted by Crippen LogP contribution is -2.59. The molecule has 2 aromatic carbocycles. The van der Waals surface area contributed by atoms with Crippen molar-refractivity contribution in [3.8, 4) is 0 Å². The maximum atomic E-state index is 13.4. The summed E-state index contributed by atoms with van der Waals surface area (Å²) >= 11 is 1.56. The van der Waals surface area contributed by atoms with Gasteiger partial charge in [0.15, 0.2) is 5.69 Å².